The first-order valence-corrected chi connectivity index (χ1v) is 6.12. The van der Waals surface area contributed by atoms with Gasteiger partial charge in [-0.25, -0.2) is 4.39 Å². The van der Waals surface area contributed by atoms with E-state index in [1.807, 2.05) is 31.2 Å². The number of aryl methyl sites for hydroxylation is 1. The molecule has 0 unspecified atom stereocenters. The Balaban J connectivity index is 2.51. The highest BCUT2D eigenvalue weighted by Gasteiger charge is 2.07. The zero-order valence-electron chi connectivity index (χ0n) is 10.3. The number of hydrogen-bond donors (Lipinski definition) is 0. The van der Waals surface area contributed by atoms with Gasteiger partial charge in [-0.15, -0.1) is 0 Å². The van der Waals surface area contributed by atoms with E-state index in [1.165, 1.54) is 18.2 Å². The second-order valence-electron chi connectivity index (χ2n) is 4.17. The lowest BCUT2D eigenvalue weighted by Crippen LogP contribution is -1.87. The lowest BCUT2D eigenvalue weighted by Gasteiger charge is -2.03. The van der Waals surface area contributed by atoms with Crippen LogP contribution in [0.5, 0.6) is 0 Å². The van der Waals surface area contributed by atoms with Crippen LogP contribution in [0.25, 0.3) is 11.6 Å². The van der Waals surface area contributed by atoms with E-state index in [1.54, 1.807) is 6.07 Å². The SMILES string of the molecule is Cc1ccc(C(C#N)=Cc2c(F)cccc2Cl)cc1. The number of benzene rings is 2. The Morgan fingerprint density at radius 1 is 1.21 bits per heavy atom. The van der Waals surface area contributed by atoms with Gasteiger partial charge in [-0.05, 0) is 30.7 Å². The van der Waals surface area contributed by atoms with E-state index in [9.17, 15) is 9.65 Å². The third kappa shape index (κ3) is 3.01. The Bertz CT molecular complexity index is 646. The van der Waals surface area contributed by atoms with Gasteiger partial charge in [-0.1, -0.05) is 47.5 Å². The van der Waals surface area contributed by atoms with Crippen LogP contribution in [0.3, 0.4) is 0 Å². The van der Waals surface area contributed by atoms with Crippen LogP contribution in [0.2, 0.25) is 5.02 Å². The molecule has 0 aromatic heterocycles. The third-order valence-corrected chi connectivity index (χ3v) is 3.10. The molecule has 0 aliphatic heterocycles. The molecule has 0 radical (unpaired) electrons. The van der Waals surface area contributed by atoms with E-state index in [4.69, 9.17) is 11.6 Å². The van der Waals surface area contributed by atoms with Crippen LogP contribution < -0.4 is 0 Å². The Kier molecular flexibility index (Phi) is 3.99. The highest BCUT2D eigenvalue weighted by molar-refractivity contribution is 6.32. The zero-order valence-corrected chi connectivity index (χ0v) is 11.1. The van der Waals surface area contributed by atoms with Crippen molar-refractivity contribution in [2.75, 3.05) is 0 Å². The number of hydrogen-bond acceptors (Lipinski definition) is 1. The van der Waals surface area contributed by atoms with E-state index < -0.39 is 5.82 Å². The van der Waals surface area contributed by atoms with Gasteiger partial charge in [-0.3, -0.25) is 0 Å². The Labute approximate surface area is 116 Å². The summed E-state index contributed by atoms with van der Waals surface area (Å²) >= 11 is 5.95. The Hall–Kier alpha value is -2.11. The molecule has 2 rings (SSSR count). The van der Waals surface area contributed by atoms with Gasteiger partial charge in [0.15, 0.2) is 0 Å². The molecule has 2 aromatic carbocycles. The molecular formula is C16H11ClFN. The van der Waals surface area contributed by atoms with E-state index in [0.717, 1.165) is 11.1 Å². The summed E-state index contributed by atoms with van der Waals surface area (Å²) in [6.07, 6.45) is 1.47. The van der Waals surface area contributed by atoms with E-state index in [0.29, 0.717) is 10.6 Å². The molecular weight excluding hydrogens is 261 g/mol. The lowest BCUT2D eigenvalue weighted by atomic mass is 10.0. The molecule has 0 bridgehead atoms. The summed E-state index contributed by atoms with van der Waals surface area (Å²) in [4.78, 5) is 0. The average Bonchev–Trinajstić information content (AvgIpc) is 2.40. The summed E-state index contributed by atoms with van der Waals surface area (Å²) in [7, 11) is 0. The predicted molar refractivity (Wildman–Crippen MR) is 76.1 cm³/mol. The molecule has 2 aromatic rings. The first-order valence-electron chi connectivity index (χ1n) is 5.74. The Morgan fingerprint density at radius 2 is 1.89 bits per heavy atom. The van der Waals surface area contributed by atoms with Crippen molar-refractivity contribution < 1.29 is 4.39 Å². The fourth-order valence-electron chi connectivity index (χ4n) is 1.71. The van der Waals surface area contributed by atoms with Crippen LogP contribution in [0.1, 0.15) is 16.7 Å². The fraction of sp³-hybridized carbons (Fsp3) is 0.0625. The molecule has 3 heteroatoms. The van der Waals surface area contributed by atoms with Crippen molar-refractivity contribution in [3.63, 3.8) is 0 Å². The van der Waals surface area contributed by atoms with E-state index in [-0.39, 0.29) is 5.56 Å². The summed E-state index contributed by atoms with van der Waals surface area (Å²) in [6, 6.07) is 14.0. The quantitative estimate of drug-likeness (QED) is 0.566. The number of halogens is 2. The normalized spacial score (nSPS) is 11.2. The van der Waals surface area contributed by atoms with Gasteiger partial charge in [0.05, 0.1) is 16.7 Å². The molecule has 0 spiro atoms. The van der Waals surface area contributed by atoms with Gasteiger partial charge in [0.25, 0.3) is 0 Å². The number of rotatable bonds is 2. The molecule has 0 fully saturated rings. The van der Waals surface area contributed by atoms with Crippen molar-refractivity contribution in [3.05, 3.63) is 70.0 Å². The number of nitriles is 1. The van der Waals surface area contributed by atoms with Crippen LogP contribution in [0, 0.1) is 24.1 Å². The first kappa shape index (κ1) is 13.3. The first-order chi connectivity index (χ1) is 9.11. The van der Waals surface area contributed by atoms with Crippen molar-refractivity contribution in [3.8, 4) is 6.07 Å². The summed E-state index contributed by atoms with van der Waals surface area (Å²) in [6.45, 7) is 1.97. The minimum Gasteiger partial charge on any atom is -0.206 e. The van der Waals surface area contributed by atoms with Gasteiger partial charge < -0.3 is 0 Å². The average molecular weight is 272 g/mol. The van der Waals surface area contributed by atoms with Crippen LogP contribution >= 0.6 is 11.6 Å². The summed E-state index contributed by atoms with van der Waals surface area (Å²) in [5, 5.41) is 9.50. The standard InChI is InChI=1S/C16H11ClFN/c1-11-5-7-12(8-6-11)13(10-19)9-14-15(17)3-2-4-16(14)18/h2-9H,1H3. The van der Waals surface area contributed by atoms with Crippen LogP contribution in [-0.2, 0) is 0 Å². The van der Waals surface area contributed by atoms with Crippen LogP contribution in [0.4, 0.5) is 4.39 Å². The molecule has 0 aliphatic rings. The van der Waals surface area contributed by atoms with Crippen LogP contribution in [-0.4, -0.2) is 0 Å². The van der Waals surface area contributed by atoms with Gasteiger partial charge in [0.2, 0.25) is 0 Å². The molecule has 1 nitrogen and oxygen atoms in total. The van der Waals surface area contributed by atoms with E-state index >= 15 is 0 Å². The van der Waals surface area contributed by atoms with E-state index in [2.05, 4.69) is 6.07 Å². The summed E-state index contributed by atoms with van der Waals surface area (Å²) in [5.74, 6) is -0.438. The van der Waals surface area contributed by atoms with Crippen molar-refractivity contribution in [1.29, 1.82) is 5.26 Å². The maximum Gasteiger partial charge on any atom is 0.131 e. The molecule has 94 valence electrons. The summed E-state index contributed by atoms with van der Waals surface area (Å²) in [5.41, 5.74) is 2.46. The van der Waals surface area contributed by atoms with Crippen molar-refractivity contribution in [1.82, 2.24) is 0 Å². The van der Waals surface area contributed by atoms with Crippen molar-refractivity contribution in [2.24, 2.45) is 0 Å². The number of allylic oxidation sites excluding steroid dienone is 1. The predicted octanol–water partition coefficient (Wildman–Crippen LogP) is 4.85. The van der Waals surface area contributed by atoms with Gasteiger partial charge >= 0.3 is 0 Å². The molecule has 19 heavy (non-hydrogen) atoms. The molecule has 0 heterocycles. The minimum atomic E-state index is -0.438. The monoisotopic (exact) mass is 271 g/mol. The molecule has 0 amide bonds. The highest BCUT2D eigenvalue weighted by Crippen LogP contribution is 2.25. The number of nitrogens with zero attached hydrogens (tertiary/aromatic N) is 1. The summed E-state index contributed by atoms with van der Waals surface area (Å²) < 4.78 is 13.7. The Morgan fingerprint density at radius 3 is 2.47 bits per heavy atom. The fourth-order valence-corrected chi connectivity index (χ4v) is 1.92. The smallest absolute Gasteiger partial charge is 0.131 e. The van der Waals surface area contributed by atoms with Crippen molar-refractivity contribution >= 4 is 23.3 Å². The molecule has 0 atom stereocenters. The maximum absolute atomic E-state index is 13.7. The van der Waals surface area contributed by atoms with Crippen LogP contribution in [0.15, 0.2) is 42.5 Å². The molecule has 0 saturated heterocycles. The van der Waals surface area contributed by atoms with Crippen molar-refractivity contribution in [2.45, 2.75) is 6.92 Å². The van der Waals surface area contributed by atoms with Gasteiger partial charge in [0, 0.05) is 5.56 Å². The second-order valence-corrected chi connectivity index (χ2v) is 4.58. The lowest BCUT2D eigenvalue weighted by molar-refractivity contribution is 0.625. The maximum atomic E-state index is 13.7. The van der Waals surface area contributed by atoms with Gasteiger partial charge in [0.1, 0.15) is 5.82 Å². The largest absolute Gasteiger partial charge is 0.206 e. The minimum absolute atomic E-state index is 0.237. The van der Waals surface area contributed by atoms with Gasteiger partial charge in [-0.2, -0.15) is 5.26 Å². The molecule has 0 aliphatic carbocycles. The third-order valence-electron chi connectivity index (χ3n) is 2.77. The zero-order chi connectivity index (χ0) is 13.8. The molecule has 0 N–H and O–H groups in total. The topological polar surface area (TPSA) is 23.8 Å². The second kappa shape index (κ2) is 5.69. The molecule has 0 saturated carbocycles. The highest BCUT2D eigenvalue weighted by atomic mass is 35.5.